The van der Waals surface area contributed by atoms with Crippen molar-refractivity contribution in [1.82, 2.24) is 4.98 Å². The first-order valence-electron chi connectivity index (χ1n) is 7.26. The number of amides is 1. The van der Waals surface area contributed by atoms with E-state index in [1.165, 1.54) is 0 Å². The van der Waals surface area contributed by atoms with E-state index in [1.807, 2.05) is 56.4 Å². The fraction of sp³-hybridized carbons (Fsp3) is 0.111. The number of anilines is 2. The Morgan fingerprint density at radius 1 is 1.13 bits per heavy atom. The molecule has 3 rings (SSSR count). The molecule has 3 aromatic rings. The summed E-state index contributed by atoms with van der Waals surface area (Å²) in [4.78, 5) is 15.1. The summed E-state index contributed by atoms with van der Waals surface area (Å²) < 4.78 is 5.98. The number of ether oxygens (including phenoxy) is 1. The number of carbonyl (C=O) groups is 1. The second-order valence-corrected chi connectivity index (χ2v) is 5.13. The number of aryl methyl sites for hydroxylation is 1. The van der Waals surface area contributed by atoms with Gasteiger partial charge in [-0.25, -0.2) is 0 Å². The molecule has 5 nitrogen and oxygen atoms in total. The van der Waals surface area contributed by atoms with Crippen LogP contribution in [0.4, 0.5) is 11.4 Å². The molecule has 0 fully saturated rings. The van der Waals surface area contributed by atoms with Crippen molar-refractivity contribution >= 4 is 28.7 Å². The van der Waals surface area contributed by atoms with Gasteiger partial charge in [0, 0.05) is 30.0 Å². The molecule has 0 saturated carbocycles. The predicted octanol–water partition coefficient (Wildman–Crippen LogP) is 3.95. The van der Waals surface area contributed by atoms with E-state index in [0.717, 1.165) is 33.6 Å². The Hall–Kier alpha value is -3.08. The molecule has 0 spiro atoms. The molecule has 2 N–H and O–H groups in total. The van der Waals surface area contributed by atoms with Crippen LogP contribution in [0.25, 0.3) is 10.9 Å². The van der Waals surface area contributed by atoms with Gasteiger partial charge in [0.1, 0.15) is 11.5 Å². The summed E-state index contributed by atoms with van der Waals surface area (Å²) >= 11 is 0. The van der Waals surface area contributed by atoms with Crippen LogP contribution < -0.4 is 15.4 Å². The first-order chi connectivity index (χ1) is 11.2. The van der Waals surface area contributed by atoms with Crippen molar-refractivity contribution in [3.8, 4) is 11.5 Å². The highest BCUT2D eigenvalue weighted by atomic mass is 16.5. The Balaban J connectivity index is 2.01. The topological polar surface area (TPSA) is 63.2 Å². The molecule has 0 aliphatic rings. The monoisotopic (exact) mass is 307 g/mol. The number of nitrogens with zero attached hydrogens (tertiary/aromatic N) is 1. The molecular formula is C18H17N3O2. The van der Waals surface area contributed by atoms with Gasteiger partial charge < -0.3 is 15.4 Å². The van der Waals surface area contributed by atoms with Gasteiger partial charge in [-0.1, -0.05) is 0 Å². The van der Waals surface area contributed by atoms with E-state index >= 15 is 0 Å². The molecule has 0 radical (unpaired) electrons. The quantitative estimate of drug-likeness (QED) is 0.701. The Labute approximate surface area is 134 Å². The largest absolute Gasteiger partial charge is 0.457 e. The Bertz CT molecular complexity index is 845. The number of benzene rings is 2. The van der Waals surface area contributed by atoms with Gasteiger partial charge in [0.05, 0.1) is 5.52 Å². The number of fused-ring (bicyclic) bond motifs is 1. The minimum absolute atomic E-state index is 0.668. The highest BCUT2D eigenvalue weighted by Gasteiger charge is 2.08. The lowest BCUT2D eigenvalue weighted by Gasteiger charge is -2.12. The zero-order valence-corrected chi connectivity index (χ0v) is 13.0. The highest BCUT2D eigenvalue weighted by Crippen LogP contribution is 2.32. The molecule has 0 aliphatic heterocycles. The van der Waals surface area contributed by atoms with Gasteiger partial charge >= 0.3 is 0 Å². The zero-order valence-electron chi connectivity index (χ0n) is 13.0. The van der Waals surface area contributed by atoms with Crippen molar-refractivity contribution in [1.29, 1.82) is 0 Å². The molecular weight excluding hydrogens is 290 g/mol. The van der Waals surface area contributed by atoms with Crippen molar-refractivity contribution in [2.24, 2.45) is 0 Å². The van der Waals surface area contributed by atoms with Gasteiger partial charge in [-0.05, 0) is 55.0 Å². The maximum absolute atomic E-state index is 10.7. The number of hydrogen-bond acceptors (Lipinski definition) is 4. The van der Waals surface area contributed by atoms with Gasteiger partial charge in [0.2, 0.25) is 6.41 Å². The molecule has 2 aromatic carbocycles. The van der Waals surface area contributed by atoms with E-state index in [0.29, 0.717) is 12.2 Å². The molecule has 1 heterocycles. The molecule has 5 heteroatoms. The van der Waals surface area contributed by atoms with Crippen LogP contribution in [0.15, 0.2) is 48.7 Å². The Morgan fingerprint density at radius 2 is 1.91 bits per heavy atom. The summed E-state index contributed by atoms with van der Waals surface area (Å²) in [5.74, 6) is 1.43. The standard InChI is InChI=1S/C18H17N3O2/c1-12-9-17-15(10-16(12)21-11-22)18(7-8-20-17)23-14-5-3-13(19-2)4-6-14/h3-11,19H,1-2H3,(H,21,22). The summed E-state index contributed by atoms with van der Waals surface area (Å²) in [5.41, 5.74) is 3.54. The molecule has 0 atom stereocenters. The van der Waals surface area contributed by atoms with Crippen LogP contribution in [0.3, 0.4) is 0 Å². The predicted molar refractivity (Wildman–Crippen MR) is 92.2 cm³/mol. The van der Waals surface area contributed by atoms with Gasteiger partial charge in [0.25, 0.3) is 0 Å². The molecule has 1 aromatic heterocycles. The van der Waals surface area contributed by atoms with E-state index < -0.39 is 0 Å². The fourth-order valence-electron chi connectivity index (χ4n) is 2.40. The van der Waals surface area contributed by atoms with E-state index in [9.17, 15) is 4.79 Å². The third kappa shape index (κ3) is 3.08. The summed E-state index contributed by atoms with van der Waals surface area (Å²) in [7, 11) is 1.87. The molecule has 1 amide bonds. The lowest BCUT2D eigenvalue weighted by Crippen LogP contribution is -1.97. The van der Waals surface area contributed by atoms with E-state index in [4.69, 9.17) is 4.74 Å². The molecule has 0 unspecified atom stereocenters. The number of nitrogens with one attached hydrogen (secondary N) is 2. The second-order valence-electron chi connectivity index (χ2n) is 5.13. The molecule has 0 aliphatic carbocycles. The van der Waals surface area contributed by atoms with E-state index in [2.05, 4.69) is 15.6 Å². The average molecular weight is 307 g/mol. The number of carbonyl (C=O) groups excluding carboxylic acids is 1. The van der Waals surface area contributed by atoms with Gasteiger partial charge in [-0.2, -0.15) is 0 Å². The van der Waals surface area contributed by atoms with Crippen LogP contribution in [0.5, 0.6) is 11.5 Å². The van der Waals surface area contributed by atoms with Crippen molar-refractivity contribution < 1.29 is 9.53 Å². The molecule has 23 heavy (non-hydrogen) atoms. The van der Waals surface area contributed by atoms with Crippen molar-refractivity contribution in [3.05, 3.63) is 54.2 Å². The van der Waals surface area contributed by atoms with Crippen LogP contribution in [0.1, 0.15) is 5.56 Å². The van der Waals surface area contributed by atoms with Crippen molar-refractivity contribution in [2.75, 3.05) is 17.7 Å². The van der Waals surface area contributed by atoms with Gasteiger partial charge in [-0.15, -0.1) is 0 Å². The number of rotatable bonds is 5. The van der Waals surface area contributed by atoms with Crippen LogP contribution in [-0.4, -0.2) is 18.4 Å². The van der Waals surface area contributed by atoms with Crippen LogP contribution in [0, 0.1) is 6.92 Å². The fourth-order valence-corrected chi connectivity index (χ4v) is 2.40. The van der Waals surface area contributed by atoms with Crippen LogP contribution in [0.2, 0.25) is 0 Å². The SMILES string of the molecule is CNc1ccc(Oc2ccnc3cc(C)c(NC=O)cc23)cc1. The first kappa shape index (κ1) is 14.8. The van der Waals surface area contributed by atoms with Crippen molar-refractivity contribution in [3.63, 3.8) is 0 Å². The third-order valence-corrected chi connectivity index (χ3v) is 3.63. The molecule has 0 saturated heterocycles. The Kier molecular flexibility index (Phi) is 4.10. The average Bonchev–Trinajstić information content (AvgIpc) is 2.57. The summed E-state index contributed by atoms with van der Waals surface area (Å²) in [6.07, 6.45) is 2.38. The minimum Gasteiger partial charge on any atom is -0.457 e. The molecule has 0 bridgehead atoms. The summed E-state index contributed by atoms with van der Waals surface area (Å²) in [6.45, 7) is 1.93. The van der Waals surface area contributed by atoms with Crippen LogP contribution in [-0.2, 0) is 4.79 Å². The van der Waals surface area contributed by atoms with Crippen LogP contribution >= 0.6 is 0 Å². The third-order valence-electron chi connectivity index (χ3n) is 3.63. The van der Waals surface area contributed by atoms with E-state index in [1.54, 1.807) is 6.20 Å². The Morgan fingerprint density at radius 3 is 2.61 bits per heavy atom. The highest BCUT2D eigenvalue weighted by molar-refractivity contribution is 5.91. The first-order valence-corrected chi connectivity index (χ1v) is 7.26. The van der Waals surface area contributed by atoms with Gasteiger partial charge in [-0.3, -0.25) is 9.78 Å². The number of aromatic nitrogens is 1. The van der Waals surface area contributed by atoms with Gasteiger partial charge in [0.15, 0.2) is 0 Å². The second kappa shape index (κ2) is 6.36. The number of hydrogen-bond donors (Lipinski definition) is 2. The summed E-state index contributed by atoms with van der Waals surface area (Å²) in [6, 6.07) is 13.3. The molecule has 116 valence electrons. The lowest BCUT2D eigenvalue weighted by molar-refractivity contribution is -0.105. The smallest absolute Gasteiger partial charge is 0.211 e. The minimum atomic E-state index is 0.668. The maximum Gasteiger partial charge on any atom is 0.211 e. The number of pyridine rings is 1. The van der Waals surface area contributed by atoms with Crippen molar-refractivity contribution in [2.45, 2.75) is 6.92 Å². The van der Waals surface area contributed by atoms with E-state index in [-0.39, 0.29) is 0 Å². The maximum atomic E-state index is 10.7. The normalized spacial score (nSPS) is 10.3. The summed E-state index contributed by atoms with van der Waals surface area (Å²) in [5, 5.41) is 6.62. The lowest BCUT2D eigenvalue weighted by atomic mass is 10.1. The zero-order chi connectivity index (χ0) is 16.2.